The van der Waals surface area contributed by atoms with Gasteiger partial charge in [-0.15, -0.1) is 0 Å². The van der Waals surface area contributed by atoms with E-state index in [4.69, 9.17) is 5.73 Å². The topological polar surface area (TPSA) is 59.2 Å². The summed E-state index contributed by atoms with van der Waals surface area (Å²) in [6.07, 6.45) is 3.24. The van der Waals surface area contributed by atoms with Crippen LogP contribution in [0.1, 0.15) is 26.0 Å². The number of aromatic nitrogens is 1. The lowest BCUT2D eigenvalue weighted by molar-refractivity contribution is -0.129. The average Bonchev–Trinajstić information content (AvgIpc) is 2.30. The second-order valence-corrected chi connectivity index (χ2v) is 3.48. The molecule has 0 unspecified atom stereocenters. The Morgan fingerprint density at radius 2 is 2.06 bits per heavy atom. The summed E-state index contributed by atoms with van der Waals surface area (Å²) >= 11 is 0. The van der Waals surface area contributed by atoms with Crippen molar-refractivity contribution in [1.29, 1.82) is 0 Å². The fraction of sp³-hybridized carbons (Fsp3) is 0.500. The van der Waals surface area contributed by atoms with Crippen molar-refractivity contribution in [3.63, 3.8) is 0 Å². The van der Waals surface area contributed by atoms with Gasteiger partial charge in [-0.2, -0.15) is 0 Å². The van der Waals surface area contributed by atoms with Crippen LogP contribution in [0.4, 0.5) is 0 Å². The Balaban J connectivity index is 0.000000673. The zero-order chi connectivity index (χ0) is 12.4. The predicted octanol–water partition coefficient (Wildman–Crippen LogP) is 1.41. The van der Waals surface area contributed by atoms with Crippen LogP contribution in [-0.4, -0.2) is 29.5 Å². The molecule has 0 saturated carbocycles. The van der Waals surface area contributed by atoms with E-state index in [0.717, 1.165) is 5.69 Å². The highest BCUT2D eigenvalue weighted by Crippen LogP contribution is 1.96. The van der Waals surface area contributed by atoms with Gasteiger partial charge in [-0.1, -0.05) is 26.3 Å². The number of likely N-dealkylation sites (N-methyl/N-ethyl adjacent to an activating group) is 1. The van der Waals surface area contributed by atoms with Crippen molar-refractivity contribution in [3.05, 3.63) is 30.1 Å². The smallest absolute Gasteiger partial charge is 0.229 e. The van der Waals surface area contributed by atoms with Crippen molar-refractivity contribution < 1.29 is 4.79 Å². The van der Waals surface area contributed by atoms with Crippen molar-refractivity contribution >= 4 is 5.91 Å². The SMILES string of the molecule is CCC.CN(CN)C(=O)Cc1ccccn1. The highest BCUT2D eigenvalue weighted by atomic mass is 16.2. The third kappa shape index (κ3) is 6.14. The van der Waals surface area contributed by atoms with E-state index in [9.17, 15) is 4.79 Å². The second-order valence-electron chi connectivity index (χ2n) is 3.48. The Kier molecular flexibility index (Phi) is 8.07. The van der Waals surface area contributed by atoms with Gasteiger partial charge in [0.25, 0.3) is 0 Å². The minimum atomic E-state index is -0.0128. The van der Waals surface area contributed by atoms with E-state index in [1.54, 1.807) is 13.2 Å². The summed E-state index contributed by atoms with van der Waals surface area (Å²) in [5, 5.41) is 0. The lowest BCUT2D eigenvalue weighted by Crippen LogP contribution is -2.33. The predicted molar refractivity (Wildman–Crippen MR) is 65.7 cm³/mol. The standard InChI is InChI=1S/C9H13N3O.C3H8/c1-12(7-10)9(13)6-8-4-2-3-5-11-8;1-3-2/h2-5H,6-7,10H2,1H3;3H2,1-2H3. The van der Waals surface area contributed by atoms with Crippen LogP contribution in [0.15, 0.2) is 24.4 Å². The molecule has 1 amide bonds. The van der Waals surface area contributed by atoms with Crippen LogP contribution in [0.2, 0.25) is 0 Å². The van der Waals surface area contributed by atoms with E-state index >= 15 is 0 Å². The van der Waals surface area contributed by atoms with E-state index in [0.29, 0.717) is 6.42 Å². The fourth-order valence-corrected chi connectivity index (χ4v) is 0.894. The molecule has 0 fully saturated rings. The van der Waals surface area contributed by atoms with Crippen LogP contribution in [-0.2, 0) is 11.2 Å². The maximum absolute atomic E-state index is 11.3. The van der Waals surface area contributed by atoms with Gasteiger partial charge in [-0.3, -0.25) is 9.78 Å². The molecule has 16 heavy (non-hydrogen) atoms. The van der Waals surface area contributed by atoms with Crippen molar-refractivity contribution in [2.75, 3.05) is 13.7 Å². The van der Waals surface area contributed by atoms with Crippen LogP contribution in [0.3, 0.4) is 0 Å². The van der Waals surface area contributed by atoms with Gasteiger partial charge in [0.2, 0.25) is 5.91 Å². The van der Waals surface area contributed by atoms with Crippen LogP contribution >= 0.6 is 0 Å². The maximum Gasteiger partial charge on any atom is 0.229 e. The molecule has 0 bridgehead atoms. The third-order valence-corrected chi connectivity index (χ3v) is 1.76. The Morgan fingerprint density at radius 3 is 2.50 bits per heavy atom. The van der Waals surface area contributed by atoms with Gasteiger partial charge in [0.05, 0.1) is 13.1 Å². The number of pyridine rings is 1. The summed E-state index contributed by atoms with van der Waals surface area (Å²) in [4.78, 5) is 16.9. The third-order valence-electron chi connectivity index (χ3n) is 1.76. The van der Waals surface area contributed by atoms with Crippen molar-refractivity contribution in [2.24, 2.45) is 5.73 Å². The highest BCUT2D eigenvalue weighted by Gasteiger charge is 2.07. The molecule has 0 aliphatic rings. The first-order valence-electron chi connectivity index (χ1n) is 5.49. The summed E-state index contributed by atoms with van der Waals surface area (Å²) in [7, 11) is 1.67. The summed E-state index contributed by atoms with van der Waals surface area (Å²) in [5.74, 6) is -0.0128. The Hall–Kier alpha value is -1.42. The van der Waals surface area contributed by atoms with Gasteiger partial charge < -0.3 is 10.6 Å². The molecule has 1 rings (SSSR count). The van der Waals surface area contributed by atoms with Crippen molar-refractivity contribution in [2.45, 2.75) is 26.7 Å². The summed E-state index contributed by atoms with van der Waals surface area (Å²) < 4.78 is 0. The molecule has 2 N–H and O–H groups in total. The fourth-order valence-electron chi connectivity index (χ4n) is 0.894. The van der Waals surface area contributed by atoms with Crippen LogP contribution < -0.4 is 5.73 Å². The molecule has 0 aliphatic heterocycles. The first-order valence-corrected chi connectivity index (χ1v) is 5.49. The summed E-state index contributed by atoms with van der Waals surface area (Å²) in [5.41, 5.74) is 6.08. The van der Waals surface area contributed by atoms with Gasteiger partial charge in [-0.25, -0.2) is 0 Å². The number of nitrogens with zero attached hydrogens (tertiary/aromatic N) is 2. The van der Waals surface area contributed by atoms with Gasteiger partial charge in [0.1, 0.15) is 0 Å². The van der Waals surface area contributed by atoms with Gasteiger partial charge in [0, 0.05) is 18.9 Å². The number of rotatable bonds is 3. The quantitative estimate of drug-likeness (QED) is 0.788. The molecule has 90 valence electrons. The number of carbonyl (C=O) groups is 1. The largest absolute Gasteiger partial charge is 0.333 e. The first kappa shape index (κ1) is 14.6. The van der Waals surface area contributed by atoms with E-state index in [1.165, 1.54) is 11.3 Å². The minimum absolute atomic E-state index is 0.0128. The second kappa shape index (κ2) is 8.85. The maximum atomic E-state index is 11.3. The molecule has 1 aromatic heterocycles. The number of hydrogen-bond acceptors (Lipinski definition) is 3. The molecule has 0 aliphatic carbocycles. The molecule has 1 heterocycles. The minimum Gasteiger partial charge on any atom is -0.333 e. The summed E-state index contributed by atoms with van der Waals surface area (Å²) in [6.45, 7) is 4.49. The first-order chi connectivity index (χ1) is 7.65. The summed E-state index contributed by atoms with van der Waals surface area (Å²) in [6, 6.07) is 5.50. The molecule has 0 spiro atoms. The number of amides is 1. The van der Waals surface area contributed by atoms with Crippen LogP contribution in [0, 0.1) is 0 Å². The Morgan fingerprint density at radius 1 is 1.44 bits per heavy atom. The van der Waals surface area contributed by atoms with Crippen LogP contribution in [0.25, 0.3) is 0 Å². The zero-order valence-corrected chi connectivity index (χ0v) is 10.3. The van der Waals surface area contributed by atoms with Gasteiger partial charge >= 0.3 is 0 Å². The Bertz CT molecular complexity index is 288. The molecular weight excluding hydrogens is 202 g/mol. The van der Waals surface area contributed by atoms with E-state index in [1.807, 2.05) is 18.2 Å². The number of nitrogens with two attached hydrogens (primary N) is 1. The van der Waals surface area contributed by atoms with Gasteiger partial charge in [0.15, 0.2) is 0 Å². The van der Waals surface area contributed by atoms with Crippen molar-refractivity contribution in [1.82, 2.24) is 9.88 Å². The van der Waals surface area contributed by atoms with E-state index in [2.05, 4.69) is 18.8 Å². The molecule has 1 aromatic rings. The molecule has 4 heteroatoms. The lowest BCUT2D eigenvalue weighted by Gasteiger charge is -2.13. The normalized spacial score (nSPS) is 9.00. The molecule has 0 atom stereocenters. The monoisotopic (exact) mass is 223 g/mol. The molecule has 4 nitrogen and oxygen atoms in total. The molecule has 0 aromatic carbocycles. The average molecular weight is 223 g/mol. The van der Waals surface area contributed by atoms with Crippen LogP contribution in [0.5, 0.6) is 0 Å². The van der Waals surface area contributed by atoms with Gasteiger partial charge in [-0.05, 0) is 12.1 Å². The number of hydrogen-bond donors (Lipinski definition) is 1. The van der Waals surface area contributed by atoms with E-state index < -0.39 is 0 Å². The molecular formula is C12H21N3O. The lowest BCUT2D eigenvalue weighted by atomic mass is 10.2. The number of carbonyl (C=O) groups excluding carboxylic acids is 1. The van der Waals surface area contributed by atoms with Crippen molar-refractivity contribution in [3.8, 4) is 0 Å². The van der Waals surface area contributed by atoms with E-state index in [-0.39, 0.29) is 12.6 Å². The molecule has 0 saturated heterocycles. The highest BCUT2D eigenvalue weighted by molar-refractivity contribution is 5.77. The zero-order valence-electron chi connectivity index (χ0n) is 10.3. The Labute approximate surface area is 97.5 Å². The molecule has 0 radical (unpaired) electrons.